The second kappa shape index (κ2) is 11.0. The molecule has 3 rings (SSSR count). The number of imide groups is 1. The molecule has 2 aromatic rings. The van der Waals surface area contributed by atoms with Crippen molar-refractivity contribution in [2.45, 2.75) is 58.7 Å². The summed E-state index contributed by atoms with van der Waals surface area (Å²) in [7, 11) is 0. The van der Waals surface area contributed by atoms with Crippen LogP contribution in [-0.2, 0) is 16.1 Å². The van der Waals surface area contributed by atoms with Crippen molar-refractivity contribution in [2.75, 3.05) is 6.54 Å². The number of benzene rings is 2. The first kappa shape index (κ1) is 25.1. The average Bonchev–Trinajstić information content (AvgIpc) is 3.08. The van der Waals surface area contributed by atoms with E-state index in [4.69, 9.17) is 0 Å². The summed E-state index contributed by atoms with van der Waals surface area (Å²) in [6.45, 7) is 5.75. The molecule has 0 fully saturated rings. The topological polar surface area (TPSA) is 86.8 Å². The zero-order chi connectivity index (χ0) is 24.8. The van der Waals surface area contributed by atoms with Crippen LogP contribution in [-0.4, -0.2) is 52.1 Å². The van der Waals surface area contributed by atoms with E-state index in [0.29, 0.717) is 16.7 Å². The quantitative estimate of drug-likeness (QED) is 0.542. The third kappa shape index (κ3) is 5.68. The van der Waals surface area contributed by atoms with Gasteiger partial charge in [0.05, 0.1) is 11.1 Å². The Morgan fingerprint density at radius 2 is 1.59 bits per heavy atom. The molecule has 0 saturated carbocycles. The molecule has 1 N–H and O–H groups in total. The summed E-state index contributed by atoms with van der Waals surface area (Å²) in [6, 6.07) is 11.6. The van der Waals surface area contributed by atoms with Crippen molar-refractivity contribution in [1.82, 2.24) is 15.1 Å². The van der Waals surface area contributed by atoms with Crippen LogP contribution in [0.25, 0.3) is 0 Å². The lowest BCUT2D eigenvalue weighted by atomic mass is 10.1. The number of nitrogens with zero attached hydrogens (tertiary/aromatic N) is 2. The zero-order valence-electron chi connectivity index (χ0n) is 19.7. The van der Waals surface area contributed by atoms with Crippen molar-refractivity contribution < 1.29 is 23.6 Å². The summed E-state index contributed by atoms with van der Waals surface area (Å²) in [4.78, 5) is 53.6. The fraction of sp³-hybridized carbons (Fsp3) is 0.385. The molecule has 0 spiro atoms. The van der Waals surface area contributed by atoms with E-state index < -0.39 is 6.04 Å². The van der Waals surface area contributed by atoms with Gasteiger partial charge in [0.25, 0.3) is 11.8 Å². The van der Waals surface area contributed by atoms with Gasteiger partial charge in [0.1, 0.15) is 11.9 Å². The Morgan fingerprint density at radius 3 is 2.15 bits per heavy atom. The molecule has 0 unspecified atom stereocenters. The van der Waals surface area contributed by atoms with Gasteiger partial charge in [-0.1, -0.05) is 31.2 Å². The van der Waals surface area contributed by atoms with E-state index in [2.05, 4.69) is 5.32 Å². The Hall–Kier alpha value is -3.55. The number of rotatable bonds is 10. The highest BCUT2D eigenvalue weighted by Gasteiger charge is 2.35. The Morgan fingerprint density at radius 1 is 1.00 bits per heavy atom. The average molecular weight is 468 g/mol. The zero-order valence-corrected chi connectivity index (χ0v) is 19.7. The van der Waals surface area contributed by atoms with Gasteiger partial charge in [0.15, 0.2) is 0 Å². The Balaban J connectivity index is 1.67. The minimum absolute atomic E-state index is 0.0356. The fourth-order valence-electron chi connectivity index (χ4n) is 3.81. The van der Waals surface area contributed by atoms with Crippen molar-refractivity contribution in [3.05, 3.63) is 71.0 Å². The Bertz CT molecular complexity index is 1030. The van der Waals surface area contributed by atoms with Gasteiger partial charge in [0.2, 0.25) is 11.8 Å². The maximum Gasteiger partial charge on any atom is 0.261 e. The highest BCUT2D eigenvalue weighted by Crippen LogP contribution is 2.23. The second-order valence-electron chi connectivity index (χ2n) is 8.55. The summed E-state index contributed by atoms with van der Waals surface area (Å²) in [6.07, 6.45) is 1.07. The van der Waals surface area contributed by atoms with Crippen LogP contribution >= 0.6 is 0 Å². The molecule has 0 radical (unpaired) electrons. The standard InChI is InChI=1S/C26H30FN3O4/c1-4-17(2)28-24(32)18(3)30(16-19-11-13-20(27)14-12-19)23(31)10-7-15-29-25(33)21-8-5-6-9-22(21)26(29)34/h5-6,8-9,11-14,17-18H,4,7,10,15-16H2,1-3H3,(H,28,32)/t17-,18+/m1/s1. The molecule has 0 aromatic heterocycles. The molecule has 2 atom stereocenters. The van der Waals surface area contributed by atoms with E-state index in [-0.39, 0.29) is 61.4 Å². The third-order valence-corrected chi connectivity index (χ3v) is 6.09. The maximum absolute atomic E-state index is 13.3. The van der Waals surface area contributed by atoms with Crippen molar-refractivity contribution >= 4 is 23.6 Å². The van der Waals surface area contributed by atoms with Gasteiger partial charge in [-0.2, -0.15) is 0 Å². The summed E-state index contributed by atoms with van der Waals surface area (Å²) in [5, 5.41) is 2.89. The molecular weight excluding hydrogens is 437 g/mol. The molecular formula is C26H30FN3O4. The van der Waals surface area contributed by atoms with Crippen molar-refractivity contribution in [1.29, 1.82) is 0 Å². The molecule has 180 valence electrons. The van der Waals surface area contributed by atoms with Crippen molar-refractivity contribution in [3.8, 4) is 0 Å². The largest absolute Gasteiger partial charge is 0.352 e. The van der Waals surface area contributed by atoms with E-state index >= 15 is 0 Å². The van der Waals surface area contributed by atoms with Crippen LogP contribution in [0.3, 0.4) is 0 Å². The molecule has 2 aromatic carbocycles. The lowest BCUT2D eigenvalue weighted by Crippen LogP contribution is -2.49. The second-order valence-corrected chi connectivity index (χ2v) is 8.55. The minimum Gasteiger partial charge on any atom is -0.352 e. The lowest BCUT2D eigenvalue weighted by Gasteiger charge is -2.30. The van der Waals surface area contributed by atoms with Crippen LogP contribution in [0.4, 0.5) is 4.39 Å². The number of halogens is 1. The summed E-state index contributed by atoms with van der Waals surface area (Å²) in [5.74, 6) is -1.67. The smallest absolute Gasteiger partial charge is 0.261 e. The predicted molar refractivity (Wildman–Crippen MR) is 125 cm³/mol. The number of nitrogens with one attached hydrogen (secondary N) is 1. The highest BCUT2D eigenvalue weighted by molar-refractivity contribution is 6.21. The van der Waals surface area contributed by atoms with Gasteiger partial charge >= 0.3 is 0 Å². The molecule has 1 aliphatic rings. The first-order valence-corrected chi connectivity index (χ1v) is 11.5. The third-order valence-electron chi connectivity index (χ3n) is 6.09. The summed E-state index contributed by atoms with van der Waals surface area (Å²) < 4.78 is 13.3. The summed E-state index contributed by atoms with van der Waals surface area (Å²) in [5.41, 5.74) is 1.43. The predicted octanol–water partition coefficient (Wildman–Crippen LogP) is 3.53. The molecule has 1 aliphatic heterocycles. The first-order valence-electron chi connectivity index (χ1n) is 11.5. The molecule has 0 saturated heterocycles. The first-order chi connectivity index (χ1) is 16.2. The SMILES string of the molecule is CC[C@@H](C)NC(=O)[C@H](C)N(Cc1ccc(F)cc1)C(=O)CCCN1C(=O)c2ccccc2C1=O. The molecule has 4 amide bonds. The lowest BCUT2D eigenvalue weighted by molar-refractivity contribution is -0.141. The van der Waals surface area contributed by atoms with Crippen LogP contribution in [0.5, 0.6) is 0 Å². The van der Waals surface area contributed by atoms with Crippen LogP contribution in [0, 0.1) is 5.82 Å². The number of hydrogen-bond acceptors (Lipinski definition) is 4. The summed E-state index contributed by atoms with van der Waals surface area (Å²) >= 11 is 0. The van der Waals surface area contributed by atoms with Gasteiger partial charge in [-0.3, -0.25) is 24.1 Å². The minimum atomic E-state index is -0.745. The van der Waals surface area contributed by atoms with Crippen LogP contribution in [0.2, 0.25) is 0 Å². The Labute approximate surface area is 198 Å². The van der Waals surface area contributed by atoms with E-state index in [1.165, 1.54) is 17.0 Å². The van der Waals surface area contributed by atoms with Crippen LogP contribution < -0.4 is 5.32 Å². The number of carbonyl (C=O) groups excluding carboxylic acids is 4. The van der Waals surface area contributed by atoms with E-state index in [9.17, 15) is 23.6 Å². The molecule has 0 bridgehead atoms. The number of carbonyl (C=O) groups is 4. The number of hydrogen-bond donors (Lipinski definition) is 1. The van der Waals surface area contributed by atoms with E-state index in [1.807, 2.05) is 13.8 Å². The Kier molecular flexibility index (Phi) is 8.15. The highest BCUT2D eigenvalue weighted by atomic mass is 19.1. The fourth-order valence-corrected chi connectivity index (χ4v) is 3.81. The maximum atomic E-state index is 13.3. The normalized spacial score (nSPS) is 14.5. The van der Waals surface area contributed by atoms with E-state index in [1.54, 1.807) is 43.3 Å². The van der Waals surface area contributed by atoms with Crippen molar-refractivity contribution in [3.63, 3.8) is 0 Å². The van der Waals surface area contributed by atoms with Gasteiger partial charge in [-0.15, -0.1) is 0 Å². The monoisotopic (exact) mass is 467 g/mol. The van der Waals surface area contributed by atoms with Gasteiger partial charge in [0, 0.05) is 25.6 Å². The van der Waals surface area contributed by atoms with Crippen LogP contribution in [0.1, 0.15) is 66.3 Å². The molecule has 1 heterocycles. The number of amides is 4. The van der Waals surface area contributed by atoms with Gasteiger partial charge in [-0.05, 0) is 56.5 Å². The van der Waals surface area contributed by atoms with E-state index in [0.717, 1.165) is 11.3 Å². The molecule has 7 nitrogen and oxygen atoms in total. The molecule has 34 heavy (non-hydrogen) atoms. The van der Waals surface area contributed by atoms with Gasteiger partial charge in [-0.25, -0.2) is 4.39 Å². The molecule has 8 heteroatoms. The van der Waals surface area contributed by atoms with Gasteiger partial charge < -0.3 is 10.2 Å². The molecule has 0 aliphatic carbocycles. The van der Waals surface area contributed by atoms with Crippen LogP contribution in [0.15, 0.2) is 48.5 Å². The van der Waals surface area contributed by atoms with Crippen molar-refractivity contribution in [2.24, 2.45) is 0 Å². The number of fused-ring (bicyclic) bond motifs is 1.